The number of methoxy groups -OCH3 is 1. The van der Waals surface area contributed by atoms with Gasteiger partial charge in [0.05, 0.1) is 13.2 Å². The second-order valence-electron chi connectivity index (χ2n) is 4.80. The van der Waals surface area contributed by atoms with Crippen LogP contribution in [0.15, 0.2) is 0 Å². The molecule has 100 valence electrons. The summed E-state index contributed by atoms with van der Waals surface area (Å²) in [6.07, 6.45) is 2.31. The molecule has 1 heterocycles. The molecule has 1 aliphatic heterocycles. The van der Waals surface area contributed by atoms with Gasteiger partial charge in [-0.3, -0.25) is 9.69 Å². The van der Waals surface area contributed by atoms with Gasteiger partial charge >= 0.3 is 0 Å². The van der Waals surface area contributed by atoms with E-state index in [9.17, 15) is 4.79 Å². The predicted octanol–water partition coefficient (Wildman–Crippen LogP) is -0.192. The van der Waals surface area contributed by atoms with E-state index in [4.69, 9.17) is 10.5 Å². The highest BCUT2D eigenvalue weighted by molar-refractivity contribution is 5.78. The van der Waals surface area contributed by atoms with Crippen molar-refractivity contribution in [2.45, 2.75) is 25.8 Å². The smallest absolute Gasteiger partial charge is 0.234 e. The molecule has 0 aromatic heterocycles. The van der Waals surface area contributed by atoms with E-state index in [0.29, 0.717) is 38.2 Å². The van der Waals surface area contributed by atoms with E-state index in [1.807, 2.05) is 0 Å². The lowest BCUT2D eigenvalue weighted by molar-refractivity contribution is -0.123. The van der Waals surface area contributed by atoms with Crippen molar-refractivity contribution in [2.75, 3.05) is 39.9 Å². The Labute approximate surface area is 104 Å². The Balaban J connectivity index is 2.30. The molecule has 5 nitrogen and oxygen atoms in total. The van der Waals surface area contributed by atoms with Crippen LogP contribution in [-0.2, 0) is 9.53 Å². The van der Waals surface area contributed by atoms with Gasteiger partial charge in [-0.05, 0) is 32.2 Å². The van der Waals surface area contributed by atoms with Gasteiger partial charge in [0.2, 0.25) is 5.91 Å². The lowest BCUT2D eigenvalue weighted by Crippen LogP contribution is -2.48. The SMILES string of the molecule is COCCNC(=O)CN1CC(CN)CCC1C. The summed E-state index contributed by atoms with van der Waals surface area (Å²) in [6, 6.07) is 0.478. The zero-order chi connectivity index (χ0) is 12.7. The molecule has 0 aromatic carbocycles. The molecule has 17 heavy (non-hydrogen) atoms. The van der Waals surface area contributed by atoms with E-state index < -0.39 is 0 Å². The maximum atomic E-state index is 11.7. The van der Waals surface area contributed by atoms with Gasteiger partial charge in [0, 0.05) is 26.2 Å². The van der Waals surface area contributed by atoms with Gasteiger partial charge in [-0.25, -0.2) is 0 Å². The number of carbonyl (C=O) groups is 1. The zero-order valence-corrected chi connectivity index (χ0v) is 10.9. The monoisotopic (exact) mass is 243 g/mol. The summed E-state index contributed by atoms with van der Waals surface area (Å²) in [4.78, 5) is 13.9. The highest BCUT2D eigenvalue weighted by Crippen LogP contribution is 2.20. The minimum absolute atomic E-state index is 0.0755. The first-order valence-corrected chi connectivity index (χ1v) is 6.37. The number of nitrogens with zero attached hydrogens (tertiary/aromatic N) is 1. The summed E-state index contributed by atoms with van der Waals surface area (Å²) in [5.41, 5.74) is 5.70. The van der Waals surface area contributed by atoms with E-state index in [2.05, 4.69) is 17.1 Å². The van der Waals surface area contributed by atoms with Crippen LogP contribution in [0.1, 0.15) is 19.8 Å². The maximum Gasteiger partial charge on any atom is 0.234 e. The third-order valence-electron chi connectivity index (χ3n) is 3.42. The maximum absolute atomic E-state index is 11.7. The summed E-state index contributed by atoms with van der Waals surface area (Å²) in [5, 5.41) is 2.85. The molecule has 5 heteroatoms. The standard InChI is InChI=1S/C12H25N3O2/c1-10-3-4-11(7-13)8-15(10)9-12(16)14-5-6-17-2/h10-11H,3-9,13H2,1-2H3,(H,14,16). The van der Waals surface area contributed by atoms with Crippen molar-refractivity contribution in [3.63, 3.8) is 0 Å². The van der Waals surface area contributed by atoms with Crippen LogP contribution in [0.4, 0.5) is 0 Å². The summed E-state index contributed by atoms with van der Waals surface area (Å²) in [6.45, 7) is 5.45. The zero-order valence-electron chi connectivity index (χ0n) is 10.9. The van der Waals surface area contributed by atoms with Crippen molar-refractivity contribution < 1.29 is 9.53 Å². The minimum atomic E-state index is 0.0755. The van der Waals surface area contributed by atoms with E-state index in [0.717, 1.165) is 13.0 Å². The second kappa shape index (κ2) is 7.63. The minimum Gasteiger partial charge on any atom is -0.383 e. The van der Waals surface area contributed by atoms with E-state index in [1.54, 1.807) is 7.11 Å². The second-order valence-corrected chi connectivity index (χ2v) is 4.80. The molecule has 2 atom stereocenters. The van der Waals surface area contributed by atoms with Crippen LogP contribution in [0, 0.1) is 5.92 Å². The van der Waals surface area contributed by atoms with Crippen LogP contribution in [0.5, 0.6) is 0 Å². The van der Waals surface area contributed by atoms with Gasteiger partial charge in [-0.2, -0.15) is 0 Å². The molecule has 0 aromatic rings. The predicted molar refractivity (Wildman–Crippen MR) is 67.7 cm³/mol. The van der Waals surface area contributed by atoms with Gasteiger partial charge in [0.15, 0.2) is 0 Å². The highest BCUT2D eigenvalue weighted by atomic mass is 16.5. The third kappa shape index (κ3) is 5.02. The van der Waals surface area contributed by atoms with Gasteiger partial charge in [0.25, 0.3) is 0 Å². The Morgan fingerprint density at radius 2 is 2.29 bits per heavy atom. The average Bonchev–Trinajstić information content (AvgIpc) is 2.32. The molecule has 0 aliphatic carbocycles. The Hall–Kier alpha value is -0.650. The molecule has 2 unspecified atom stereocenters. The topological polar surface area (TPSA) is 67.6 Å². The summed E-state index contributed by atoms with van der Waals surface area (Å²) >= 11 is 0. The Morgan fingerprint density at radius 3 is 2.94 bits per heavy atom. The van der Waals surface area contributed by atoms with E-state index >= 15 is 0 Å². The van der Waals surface area contributed by atoms with Crippen molar-refractivity contribution in [3.05, 3.63) is 0 Å². The number of likely N-dealkylation sites (tertiary alicyclic amines) is 1. The van der Waals surface area contributed by atoms with Crippen molar-refractivity contribution in [1.82, 2.24) is 10.2 Å². The molecule has 1 rings (SSSR count). The molecule has 0 spiro atoms. The molecule has 1 fully saturated rings. The van der Waals surface area contributed by atoms with E-state index in [-0.39, 0.29) is 5.91 Å². The number of nitrogens with two attached hydrogens (primary N) is 1. The fraction of sp³-hybridized carbons (Fsp3) is 0.917. The van der Waals surface area contributed by atoms with Gasteiger partial charge < -0.3 is 15.8 Å². The van der Waals surface area contributed by atoms with Crippen molar-refractivity contribution in [2.24, 2.45) is 11.7 Å². The number of nitrogens with one attached hydrogen (secondary N) is 1. The van der Waals surface area contributed by atoms with Crippen LogP contribution in [-0.4, -0.2) is 56.7 Å². The highest BCUT2D eigenvalue weighted by Gasteiger charge is 2.25. The van der Waals surface area contributed by atoms with Crippen molar-refractivity contribution >= 4 is 5.91 Å². The van der Waals surface area contributed by atoms with Crippen molar-refractivity contribution in [3.8, 4) is 0 Å². The number of carbonyl (C=O) groups excluding carboxylic acids is 1. The third-order valence-corrected chi connectivity index (χ3v) is 3.42. The lowest BCUT2D eigenvalue weighted by Gasteiger charge is -2.37. The fourth-order valence-corrected chi connectivity index (χ4v) is 2.21. The van der Waals surface area contributed by atoms with Crippen molar-refractivity contribution in [1.29, 1.82) is 0 Å². The molecule has 0 bridgehead atoms. The fourth-order valence-electron chi connectivity index (χ4n) is 2.21. The Bertz CT molecular complexity index is 236. The molecule has 1 aliphatic rings. The average molecular weight is 243 g/mol. The number of piperidine rings is 1. The van der Waals surface area contributed by atoms with Gasteiger partial charge in [-0.1, -0.05) is 0 Å². The summed E-state index contributed by atoms with van der Waals surface area (Å²) < 4.78 is 4.89. The molecule has 0 radical (unpaired) electrons. The summed E-state index contributed by atoms with van der Waals surface area (Å²) in [7, 11) is 1.63. The molecule has 3 N–H and O–H groups in total. The molecular formula is C12H25N3O2. The van der Waals surface area contributed by atoms with Crippen LogP contribution < -0.4 is 11.1 Å². The first-order chi connectivity index (χ1) is 8.17. The van der Waals surface area contributed by atoms with Gasteiger partial charge in [0.1, 0.15) is 0 Å². The molecule has 1 amide bonds. The largest absolute Gasteiger partial charge is 0.383 e. The first kappa shape index (κ1) is 14.4. The Kier molecular flexibility index (Phi) is 6.47. The number of hydrogen-bond acceptors (Lipinski definition) is 4. The van der Waals surface area contributed by atoms with E-state index in [1.165, 1.54) is 6.42 Å². The van der Waals surface area contributed by atoms with Crippen LogP contribution >= 0.6 is 0 Å². The normalized spacial score (nSPS) is 25.8. The summed E-state index contributed by atoms with van der Waals surface area (Å²) in [5.74, 6) is 0.615. The lowest BCUT2D eigenvalue weighted by atomic mass is 9.93. The number of amides is 1. The first-order valence-electron chi connectivity index (χ1n) is 6.37. The van der Waals surface area contributed by atoms with Crippen LogP contribution in [0.25, 0.3) is 0 Å². The van der Waals surface area contributed by atoms with Gasteiger partial charge in [-0.15, -0.1) is 0 Å². The number of hydrogen-bond donors (Lipinski definition) is 2. The van der Waals surface area contributed by atoms with Crippen LogP contribution in [0.3, 0.4) is 0 Å². The molecule has 1 saturated heterocycles. The Morgan fingerprint density at radius 1 is 1.53 bits per heavy atom. The number of ether oxygens (including phenoxy) is 1. The quantitative estimate of drug-likeness (QED) is 0.634. The molecular weight excluding hydrogens is 218 g/mol. The van der Waals surface area contributed by atoms with Crippen LogP contribution in [0.2, 0.25) is 0 Å². The molecule has 0 saturated carbocycles. The number of rotatable bonds is 6.